The summed E-state index contributed by atoms with van der Waals surface area (Å²) in [6.07, 6.45) is 0. The van der Waals surface area contributed by atoms with Gasteiger partial charge in [0.25, 0.3) is 0 Å². The van der Waals surface area contributed by atoms with Crippen LogP contribution in [-0.4, -0.2) is 23.6 Å². The predicted molar refractivity (Wildman–Crippen MR) is 113 cm³/mol. The molecule has 2 atom stereocenters. The lowest BCUT2D eigenvalue weighted by Gasteiger charge is -2.21. The fraction of sp³-hybridized carbons (Fsp3) is 0.100. The summed E-state index contributed by atoms with van der Waals surface area (Å²) in [5, 5.41) is 9.13. The van der Waals surface area contributed by atoms with E-state index in [-0.39, 0.29) is 16.1 Å². The predicted octanol–water partition coefficient (Wildman–Crippen LogP) is 3.41. The summed E-state index contributed by atoms with van der Waals surface area (Å²) in [5.41, 5.74) is 7.66. The fourth-order valence-corrected chi connectivity index (χ4v) is 6.24. The van der Waals surface area contributed by atoms with Crippen molar-refractivity contribution in [1.29, 1.82) is 0 Å². The molecule has 0 bridgehead atoms. The maximum Gasteiger partial charge on any atom is 0.241 e. The zero-order valence-corrected chi connectivity index (χ0v) is 16.7. The van der Waals surface area contributed by atoms with Gasteiger partial charge in [-0.3, -0.25) is 0 Å². The number of H-pyrrole nitrogens is 1. The molecule has 1 heterocycles. The molecule has 7 nitrogen and oxygen atoms in total. The van der Waals surface area contributed by atoms with E-state index < -0.39 is 16.1 Å². The van der Waals surface area contributed by atoms with Gasteiger partial charge in [0.05, 0.1) is 16.2 Å². The first-order valence-corrected chi connectivity index (χ1v) is 11.3. The molecule has 0 radical (unpaired) electrons. The quantitative estimate of drug-likeness (QED) is 0.453. The maximum atomic E-state index is 13.1. The average molecular weight is 424 g/mol. The highest BCUT2D eigenvalue weighted by Gasteiger charge is 2.38. The van der Waals surface area contributed by atoms with E-state index in [1.807, 2.05) is 36.4 Å². The number of hydrogen-bond acceptors (Lipinski definition) is 6. The number of benzene rings is 3. The minimum Gasteiger partial charge on any atom is -0.368 e. The number of nitrogens with two attached hydrogens (primary N) is 1. The van der Waals surface area contributed by atoms with Gasteiger partial charge in [-0.25, -0.2) is 18.2 Å². The van der Waals surface area contributed by atoms with Crippen molar-refractivity contribution in [2.45, 2.75) is 21.3 Å². The van der Waals surface area contributed by atoms with Gasteiger partial charge in [0.15, 0.2) is 0 Å². The number of nitrogen functional groups attached to an aromatic ring is 1. The molecule has 0 fully saturated rings. The van der Waals surface area contributed by atoms with Crippen LogP contribution in [-0.2, 0) is 10.0 Å². The highest BCUT2D eigenvalue weighted by Crippen LogP contribution is 2.52. The molecule has 29 heavy (non-hydrogen) atoms. The number of nitrogens with zero attached hydrogens (tertiary/aromatic N) is 2. The number of rotatable bonds is 5. The summed E-state index contributed by atoms with van der Waals surface area (Å²) >= 11 is 1.39. The van der Waals surface area contributed by atoms with Crippen molar-refractivity contribution >= 4 is 38.5 Å². The van der Waals surface area contributed by atoms with E-state index in [2.05, 4.69) is 19.9 Å². The van der Waals surface area contributed by atoms with E-state index >= 15 is 0 Å². The van der Waals surface area contributed by atoms with Crippen molar-refractivity contribution in [2.24, 2.45) is 0 Å². The second-order valence-corrected chi connectivity index (χ2v) is 9.57. The van der Waals surface area contributed by atoms with Crippen molar-refractivity contribution in [3.8, 4) is 0 Å². The van der Waals surface area contributed by atoms with E-state index in [0.29, 0.717) is 5.16 Å². The maximum absolute atomic E-state index is 13.1. The van der Waals surface area contributed by atoms with Gasteiger partial charge >= 0.3 is 0 Å². The first-order chi connectivity index (χ1) is 14.0. The van der Waals surface area contributed by atoms with Crippen molar-refractivity contribution in [2.75, 3.05) is 5.73 Å². The van der Waals surface area contributed by atoms with Gasteiger partial charge in [-0.05, 0) is 34.0 Å². The van der Waals surface area contributed by atoms with Crippen LogP contribution in [0.2, 0.25) is 0 Å². The van der Waals surface area contributed by atoms with Gasteiger partial charge in [-0.15, -0.1) is 5.10 Å². The molecule has 1 aliphatic carbocycles. The Morgan fingerprint density at radius 1 is 0.966 bits per heavy atom. The largest absolute Gasteiger partial charge is 0.368 e. The van der Waals surface area contributed by atoms with E-state index in [9.17, 15) is 8.42 Å². The molecule has 1 aliphatic rings. The van der Waals surface area contributed by atoms with Crippen molar-refractivity contribution in [3.05, 3.63) is 77.9 Å². The lowest BCUT2D eigenvalue weighted by Crippen LogP contribution is -2.30. The normalized spacial score (nSPS) is 18.3. The first-order valence-electron chi connectivity index (χ1n) is 8.96. The molecule has 0 saturated carbocycles. The van der Waals surface area contributed by atoms with Crippen molar-refractivity contribution < 1.29 is 8.42 Å². The molecule has 0 unspecified atom stereocenters. The minimum atomic E-state index is -3.71. The first kappa shape index (κ1) is 18.2. The lowest BCUT2D eigenvalue weighted by molar-refractivity contribution is 0.557. The van der Waals surface area contributed by atoms with E-state index in [4.69, 9.17) is 5.73 Å². The van der Waals surface area contributed by atoms with Crippen molar-refractivity contribution in [1.82, 2.24) is 19.9 Å². The van der Waals surface area contributed by atoms with Crippen LogP contribution >= 0.6 is 11.8 Å². The van der Waals surface area contributed by atoms with Crippen LogP contribution in [0, 0.1) is 0 Å². The van der Waals surface area contributed by atoms with Gasteiger partial charge in [0.2, 0.25) is 21.1 Å². The highest BCUT2D eigenvalue weighted by atomic mass is 32.2. The average Bonchev–Trinajstić information content (AvgIpc) is 3.27. The summed E-state index contributed by atoms with van der Waals surface area (Å²) < 4.78 is 29.1. The number of nitrogens with one attached hydrogen (secondary N) is 2. The molecule has 0 amide bonds. The Hall–Kier alpha value is -2.88. The van der Waals surface area contributed by atoms with Crippen LogP contribution in [0.25, 0.3) is 10.8 Å². The third-order valence-electron chi connectivity index (χ3n) is 4.96. The van der Waals surface area contributed by atoms with Gasteiger partial charge < -0.3 is 5.73 Å². The van der Waals surface area contributed by atoms with Crippen LogP contribution in [0.3, 0.4) is 0 Å². The van der Waals surface area contributed by atoms with Crippen LogP contribution in [0.5, 0.6) is 0 Å². The number of hydrogen-bond donors (Lipinski definition) is 3. The molecule has 9 heteroatoms. The zero-order chi connectivity index (χ0) is 20.0. The standard InChI is InChI=1S/C20H17N5O2S2/c21-19-22-20(24-23-19)28-18-15-11-5-7-12-6-4-10-14(16(12)15)17(18)25-29(26,27)13-8-2-1-3-9-13/h1-11,17-18,25H,(H3,21,22,23,24)/t17-,18+/m1/s1. The number of aromatic nitrogens is 3. The molecular weight excluding hydrogens is 406 g/mol. The van der Waals surface area contributed by atoms with Crippen LogP contribution < -0.4 is 10.5 Å². The Morgan fingerprint density at radius 2 is 1.69 bits per heavy atom. The zero-order valence-electron chi connectivity index (χ0n) is 15.1. The minimum absolute atomic E-state index is 0.225. The molecule has 0 spiro atoms. The van der Waals surface area contributed by atoms with Gasteiger partial charge in [-0.1, -0.05) is 66.4 Å². The van der Waals surface area contributed by atoms with E-state index in [1.165, 1.54) is 11.8 Å². The fourth-order valence-electron chi connectivity index (χ4n) is 3.75. The number of anilines is 1. The molecule has 1 aromatic heterocycles. The Balaban J connectivity index is 1.61. The molecule has 146 valence electrons. The van der Waals surface area contributed by atoms with E-state index in [1.54, 1.807) is 30.3 Å². The topological polar surface area (TPSA) is 114 Å². The van der Waals surface area contributed by atoms with Gasteiger partial charge in [-0.2, -0.15) is 4.98 Å². The number of aromatic amines is 1. The summed E-state index contributed by atoms with van der Waals surface area (Å²) in [6, 6.07) is 19.9. The molecule has 0 saturated heterocycles. The molecule has 0 aliphatic heterocycles. The third-order valence-corrected chi connectivity index (χ3v) is 7.59. The van der Waals surface area contributed by atoms with Crippen molar-refractivity contribution in [3.63, 3.8) is 0 Å². The summed E-state index contributed by atoms with van der Waals surface area (Å²) in [5.74, 6) is 0.225. The summed E-state index contributed by atoms with van der Waals surface area (Å²) in [4.78, 5) is 4.42. The Morgan fingerprint density at radius 3 is 2.38 bits per heavy atom. The van der Waals surface area contributed by atoms with Crippen LogP contribution in [0.15, 0.2) is 76.8 Å². The van der Waals surface area contributed by atoms with Gasteiger partial charge in [0.1, 0.15) is 0 Å². The second-order valence-electron chi connectivity index (χ2n) is 6.75. The molecule has 4 aromatic rings. The molecular formula is C20H17N5O2S2. The van der Waals surface area contributed by atoms with Crippen LogP contribution in [0.1, 0.15) is 22.4 Å². The monoisotopic (exact) mass is 423 g/mol. The highest BCUT2D eigenvalue weighted by molar-refractivity contribution is 7.99. The second kappa shape index (κ2) is 6.87. The van der Waals surface area contributed by atoms with E-state index in [0.717, 1.165) is 21.9 Å². The number of thioether (sulfide) groups is 1. The Bertz CT molecular complexity index is 1300. The van der Waals surface area contributed by atoms with Gasteiger partial charge in [0, 0.05) is 0 Å². The lowest BCUT2D eigenvalue weighted by atomic mass is 10.1. The SMILES string of the molecule is Nc1nc(S[C@H]2c3cccc4cccc(c34)[C@H]2NS(=O)(=O)c2ccccc2)n[nH]1. The number of sulfonamides is 1. The molecule has 3 aromatic carbocycles. The third kappa shape index (κ3) is 3.17. The Kier molecular flexibility index (Phi) is 4.30. The Labute approximate surface area is 171 Å². The molecule has 4 N–H and O–H groups in total. The smallest absolute Gasteiger partial charge is 0.241 e. The summed E-state index contributed by atoms with van der Waals surface area (Å²) in [6.45, 7) is 0. The van der Waals surface area contributed by atoms with Crippen LogP contribution in [0.4, 0.5) is 5.95 Å². The molecule has 5 rings (SSSR count). The summed E-state index contributed by atoms with van der Waals surface area (Å²) in [7, 11) is -3.71.